The number of pyridine rings is 1. The van der Waals surface area contributed by atoms with Gasteiger partial charge in [0, 0.05) is 60.2 Å². The van der Waals surface area contributed by atoms with Crippen molar-refractivity contribution in [3.8, 4) is 28.6 Å². The minimum Gasteiger partial charge on any atom is -0.514 e. The molecule has 0 bridgehead atoms. The van der Waals surface area contributed by atoms with E-state index in [9.17, 15) is 0 Å². The second-order valence-electron chi connectivity index (χ2n) is 20.8. The summed E-state index contributed by atoms with van der Waals surface area (Å²) in [5.74, 6) is 1.56. The maximum atomic E-state index is 6.99. The zero-order chi connectivity index (χ0) is 49.8. The van der Waals surface area contributed by atoms with E-state index in [1.807, 2.05) is 18.3 Å². The molecule has 76 heavy (non-hydrogen) atoms. The molecule has 0 aliphatic carbocycles. The Morgan fingerprint density at radius 1 is 0.553 bits per heavy atom. The van der Waals surface area contributed by atoms with Gasteiger partial charge in [0.15, 0.2) is 0 Å². The standard InChI is InChI=1S/C66H44N8O.Pt/c1-40-18-16-29-54-62(40)68-65-73(54)57-37-48-45-22-9-12-26-51(45)72(56(48)38-58(57)74(65)61-34-41(32-33-67-61)66(2,3)4)59-36-43(35-49-46-23-10-15-31-60(46)75-64(49)59)69-39-70(53-28-14-13-27-52(53)69)55-30-17-24-47-44-21-8-11-25-50(44)71(63(47)55)42-19-6-5-7-20-42;/h5-35,37H,1-4H3;/q-2;. The van der Waals surface area contributed by atoms with Crippen LogP contribution in [-0.2, 0) is 26.5 Å². The Morgan fingerprint density at radius 3 is 2.05 bits per heavy atom. The van der Waals surface area contributed by atoms with Gasteiger partial charge in [0.2, 0.25) is 5.78 Å². The van der Waals surface area contributed by atoms with Gasteiger partial charge >= 0.3 is 0 Å². The molecular formula is C66H44N8OPt-2. The summed E-state index contributed by atoms with van der Waals surface area (Å²) in [6.07, 6.45) is 5.82. The number of hydrogen-bond donors (Lipinski definition) is 0. The summed E-state index contributed by atoms with van der Waals surface area (Å²) in [7, 11) is 0. The van der Waals surface area contributed by atoms with Crippen molar-refractivity contribution in [2.24, 2.45) is 0 Å². The van der Waals surface area contributed by atoms with Gasteiger partial charge in [0.05, 0.1) is 38.8 Å². The van der Waals surface area contributed by atoms with Crippen molar-refractivity contribution in [2.75, 3.05) is 0 Å². The van der Waals surface area contributed by atoms with Crippen LogP contribution in [0.2, 0.25) is 0 Å². The Morgan fingerprint density at radius 2 is 1.24 bits per heavy atom. The average molecular weight is 1160 g/mol. The Balaban J connectivity index is 0.00000506. The van der Waals surface area contributed by atoms with Crippen LogP contribution in [0.4, 0.5) is 0 Å². The second kappa shape index (κ2) is 16.2. The van der Waals surface area contributed by atoms with Gasteiger partial charge in [-0.2, -0.15) is 0 Å². The van der Waals surface area contributed by atoms with E-state index in [-0.39, 0.29) is 26.5 Å². The van der Waals surface area contributed by atoms with Crippen LogP contribution in [0.1, 0.15) is 31.9 Å². The van der Waals surface area contributed by atoms with Crippen molar-refractivity contribution >= 4 is 104 Å². The van der Waals surface area contributed by atoms with Crippen molar-refractivity contribution in [1.82, 2.24) is 32.6 Å². The first-order valence-electron chi connectivity index (χ1n) is 25.4. The number of fused-ring (bicyclic) bond motifs is 15. The maximum absolute atomic E-state index is 6.99. The maximum Gasteiger partial charge on any atom is 0.268 e. The summed E-state index contributed by atoms with van der Waals surface area (Å²) in [6, 6.07) is 74.6. The molecule has 0 unspecified atom stereocenters. The van der Waals surface area contributed by atoms with Crippen LogP contribution < -0.4 is 4.57 Å². The zero-order valence-corrected chi connectivity index (χ0v) is 44.0. The molecule has 7 heterocycles. The third kappa shape index (κ3) is 6.20. The molecule has 16 aromatic rings. The van der Waals surface area contributed by atoms with Gasteiger partial charge < -0.3 is 22.5 Å². The third-order valence-corrected chi connectivity index (χ3v) is 15.4. The quantitative estimate of drug-likeness (QED) is 0.127. The van der Waals surface area contributed by atoms with Gasteiger partial charge in [-0.25, -0.2) is 9.97 Å². The molecule has 0 spiro atoms. The van der Waals surface area contributed by atoms with Crippen LogP contribution in [-0.4, -0.2) is 32.6 Å². The number of benzene rings is 9. The molecule has 7 aromatic heterocycles. The van der Waals surface area contributed by atoms with E-state index in [1.54, 1.807) is 0 Å². The van der Waals surface area contributed by atoms with Gasteiger partial charge in [-0.15, -0.1) is 29.7 Å². The molecule has 16 rings (SSSR count). The van der Waals surface area contributed by atoms with Crippen LogP contribution >= 0.6 is 0 Å². The van der Waals surface area contributed by atoms with Gasteiger partial charge in [-0.05, 0) is 106 Å². The Hall–Kier alpha value is -9.04. The van der Waals surface area contributed by atoms with Crippen LogP contribution in [0.25, 0.3) is 133 Å². The predicted molar refractivity (Wildman–Crippen MR) is 302 cm³/mol. The molecule has 0 N–H and O–H groups in total. The molecule has 0 aliphatic rings. The number of rotatable bonds is 5. The molecule has 0 fully saturated rings. The van der Waals surface area contributed by atoms with Crippen molar-refractivity contribution < 1.29 is 30.0 Å². The van der Waals surface area contributed by atoms with E-state index < -0.39 is 0 Å². The van der Waals surface area contributed by atoms with Gasteiger partial charge in [0.25, 0.3) is 6.33 Å². The Kier molecular flexibility index (Phi) is 9.49. The molecule has 0 saturated heterocycles. The normalized spacial score (nSPS) is 12.4. The van der Waals surface area contributed by atoms with E-state index in [1.165, 1.54) is 16.3 Å². The number of hydrogen-bond acceptors (Lipinski definition) is 3. The van der Waals surface area contributed by atoms with Crippen LogP contribution in [0.15, 0.2) is 199 Å². The van der Waals surface area contributed by atoms with Crippen molar-refractivity contribution in [3.05, 3.63) is 224 Å². The molecule has 0 radical (unpaired) electrons. The third-order valence-electron chi connectivity index (χ3n) is 15.4. The van der Waals surface area contributed by atoms with E-state index in [2.05, 4.69) is 249 Å². The molecule has 0 atom stereocenters. The second-order valence-corrected chi connectivity index (χ2v) is 20.8. The summed E-state index contributed by atoms with van der Waals surface area (Å²) >= 11 is 0. The summed E-state index contributed by atoms with van der Waals surface area (Å²) in [5, 5.41) is 6.47. The van der Waals surface area contributed by atoms with Gasteiger partial charge in [0.1, 0.15) is 11.4 Å². The summed E-state index contributed by atoms with van der Waals surface area (Å²) in [6.45, 7) is 8.83. The Bertz CT molecular complexity index is 5080. The molecule has 366 valence electrons. The number of para-hydroxylation sites is 8. The van der Waals surface area contributed by atoms with Gasteiger partial charge in [-0.1, -0.05) is 153 Å². The number of aryl methyl sites for hydroxylation is 1. The van der Waals surface area contributed by atoms with E-state index >= 15 is 0 Å². The minimum atomic E-state index is -0.104. The van der Waals surface area contributed by atoms with Crippen LogP contribution in [0, 0.1) is 25.4 Å². The molecule has 0 amide bonds. The van der Waals surface area contributed by atoms with Gasteiger partial charge in [-0.3, -0.25) is 9.13 Å². The fourth-order valence-electron chi connectivity index (χ4n) is 11.9. The SMILES string of the molecule is Cc1cccc2c1nc1n(-c3cc(C(C)(C)C)ccn3)c3[c-]c4c(cc3n21)c1ccccc1n4-c1[c-]c(-n2[c-][n+](-c3cccc4c5ccccc5n(-c5ccccc5)c34)c3ccccc32)cc2c1oc1ccccc12.[Pt]. The Labute approximate surface area is 450 Å². The topological polar surface area (TPSA) is 66.9 Å². The van der Waals surface area contributed by atoms with Crippen LogP contribution in [0.5, 0.6) is 0 Å². The molecular weight excluding hydrogens is 1120 g/mol. The van der Waals surface area contributed by atoms with Crippen LogP contribution in [0.3, 0.4) is 0 Å². The first kappa shape index (κ1) is 44.4. The van der Waals surface area contributed by atoms with Crippen molar-refractivity contribution in [1.29, 1.82) is 0 Å². The van der Waals surface area contributed by atoms with E-state index in [0.29, 0.717) is 0 Å². The summed E-state index contributed by atoms with van der Waals surface area (Å²) < 4.78 is 20.5. The summed E-state index contributed by atoms with van der Waals surface area (Å²) in [5.41, 5.74) is 17.4. The largest absolute Gasteiger partial charge is 0.514 e. The molecule has 0 aliphatic heterocycles. The average Bonchev–Trinajstić information content (AvgIpc) is 4.35. The monoisotopic (exact) mass is 1160 g/mol. The first-order chi connectivity index (χ1) is 36.8. The smallest absolute Gasteiger partial charge is 0.268 e. The number of aromatic nitrogens is 8. The molecule has 10 heteroatoms. The summed E-state index contributed by atoms with van der Waals surface area (Å²) in [4.78, 5) is 10.4. The number of nitrogens with zero attached hydrogens (tertiary/aromatic N) is 8. The molecule has 9 aromatic carbocycles. The van der Waals surface area contributed by atoms with E-state index in [0.717, 1.165) is 128 Å². The number of furan rings is 1. The zero-order valence-electron chi connectivity index (χ0n) is 41.8. The minimum absolute atomic E-state index is 0. The van der Waals surface area contributed by atoms with Crippen molar-refractivity contribution in [3.63, 3.8) is 0 Å². The van der Waals surface area contributed by atoms with E-state index in [4.69, 9.17) is 14.4 Å². The first-order valence-corrected chi connectivity index (χ1v) is 25.4. The molecule has 0 saturated carbocycles. The number of imidazole rings is 3. The fourth-order valence-corrected chi connectivity index (χ4v) is 11.9. The van der Waals surface area contributed by atoms with Crippen molar-refractivity contribution in [2.45, 2.75) is 33.1 Å². The molecule has 9 nitrogen and oxygen atoms in total. The fraction of sp³-hybridized carbons (Fsp3) is 0.0758. The predicted octanol–water partition coefficient (Wildman–Crippen LogP) is 15.1.